The van der Waals surface area contributed by atoms with Crippen molar-refractivity contribution in [2.75, 3.05) is 39.1 Å². The van der Waals surface area contributed by atoms with Crippen LogP contribution in [0.25, 0.3) is 0 Å². The average Bonchev–Trinajstić information content (AvgIpc) is 2.29. The first-order valence-electron chi connectivity index (χ1n) is 5.32. The first-order valence-corrected chi connectivity index (χ1v) is 5.32. The van der Waals surface area contributed by atoms with E-state index in [0.29, 0.717) is 0 Å². The van der Waals surface area contributed by atoms with E-state index in [1.165, 1.54) is 0 Å². The third-order valence-corrected chi connectivity index (χ3v) is 2.45. The summed E-state index contributed by atoms with van der Waals surface area (Å²) >= 11 is 0. The van der Waals surface area contributed by atoms with Crippen LogP contribution in [0.2, 0.25) is 0 Å². The number of rotatable bonds is 6. The number of benzene rings is 1. The molecule has 3 nitrogen and oxygen atoms in total. The molecule has 0 radical (unpaired) electrons. The zero-order chi connectivity index (χ0) is 11.1. The molecule has 0 atom stereocenters. The maximum atomic E-state index is 5.09. The predicted molar refractivity (Wildman–Crippen MR) is 64.7 cm³/mol. The molecule has 0 unspecified atom stereocenters. The fourth-order valence-electron chi connectivity index (χ4n) is 1.26. The van der Waals surface area contributed by atoms with Crippen LogP contribution in [0.5, 0.6) is 5.75 Å². The Kier molecular flexibility index (Phi) is 4.98. The minimum absolute atomic E-state index is 0.895. The Morgan fingerprint density at radius 3 is 2.47 bits per heavy atom. The standard InChI is InChI=1S/C12H20N2O/c1-4-14(2)10-9-13-11-5-7-12(15-3)8-6-11/h5-8,13H,4,9-10H2,1-3H3. The van der Waals surface area contributed by atoms with Gasteiger partial charge in [0.15, 0.2) is 0 Å². The summed E-state index contributed by atoms with van der Waals surface area (Å²) in [5, 5.41) is 3.36. The summed E-state index contributed by atoms with van der Waals surface area (Å²) in [5.41, 5.74) is 1.14. The van der Waals surface area contributed by atoms with Gasteiger partial charge in [0, 0.05) is 18.8 Å². The lowest BCUT2D eigenvalue weighted by Gasteiger charge is -2.14. The molecule has 0 aliphatic carbocycles. The zero-order valence-electron chi connectivity index (χ0n) is 9.79. The molecule has 0 amide bonds. The molecule has 3 heteroatoms. The minimum Gasteiger partial charge on any atom is -0.497 e. The van der Waals surface area contributed by atoms with Gasteiger partial charge in [0.1, 0.15) is 5.75 Å². The van der Waals surface area contributed by atoms with E-state index in [0.717, 1.165) is 31.1 Å². The lowest BCUT2D eigenvalue weighted by Crippen LogP contribution is -2.24. The number of nitrogens with zero attached hydrogens (tertiary/aromatic N) is 1. The van der Waals surface area contributed by atoms with Gasteiger partial charge in [0.2, 0.25) is 0 Å². The molecule has 0 heterocycles. The molecule has 15 heavy (non-hydrogen) atoms. The van der Waals surface area contributed by atoms with Gasteiger partial charge < -0.3 is 15.0 Å². The summed E-state index contributed by atoms with van der Waals surface area (Å²) in [6, 6.07) is 7.99. The second-order valence-corrected chi connectivity index (χ2v) is 3.55. The summed E-state index contributed by atoms with van der Waals surface area (Å²) < 4.78 is 5.09. The van der Waals surface area contributed by atoms with Crippen LogP contribution in [0.15, 0.2) is 24.3 Å². The second-order valence-electron chi connectivity index (χ2n) is 3.55. The third kappa shape index (κ3) is 4.21. The van der Waals surface area contributed by atoms with Crippen molar-refractivity contribution in [1.29, 1.82) is 0 Å². The minimum atomic E-state index is 0.895. The number of ether oxygens (including phenoxy) is 1. The molecule has 84 valence electrons. The quantitative estimate of drug-likeness (QED) is 0.774. The molecule has 1 N–H and O–H groups in total. The van der Waals surface area contributed by atoms with Gasteiger partial charge in [-0.2, -0.15) is 0 Å². The van der Waals surface area contributed by atoms with E-state index in [2.05, 4.69) is 24.2 Å². The number of hydrogen-bond donors (Lipinski definition) is 1. The van der Waals surface area contributed by atoms with Gasteiger partial charge in [0.05, 0.1) is 7.11 Å². The third-order valence-electron chi connectivity index (χ3n) is 2.45. The summed E-state index contributed by atoms with van der Waals surface area (Å²) in [6.07, 6.45) is 0. The average molecular weight is 208 g/mol. The number of hydrogen-bond acceptors (Lipinski definition) is 3. The summed E-state index contributed by atoms with van der Waals surface area (Å²) in [7, 11) is 3.80. The SMILES string of the molecule is CCN(C)CCNc1ccc(OC)cc1. The molecule has 0 aliphatic rings. The first-order chi connectivity index (χ1) is 7.26. The highest BCUT2D eigenvalue weighted by Crippen LogP contribution is 2.14. The van der Waals surface area contributed by atoms with E-state index in [4.69, 9.17) is 4.74 Å². The Morgan fingerprint density at radius 1 is 1.27 bits per heavy atom. The van der Waals surface area contributed by atoms with E-state index < -0.39 is 0 Å². The summed E-state index contributed by atoms with van der Waals surface area (Å²) in [4.78, 5) is 2.27. The highest BCUT2D eigenvalue weighted by atomic mass is 16.5. The lowest BCUT2D eigenvalue weighted by atomic mass is 10.3. The zero-order valence-corrected chi connectivity index (χ0v) is 9.79. The van der Waals surface area contributed by atoms with Crippen molar-refractivity contribution in [1.82, 2.24) is 4.90 Å². The van der Waals surface area contributed by atoms with Gasteiger partial charge in [-0.25, -0.2) is 0 Å². The van der Waals surface area contributed by atoms with Crippen LogP contribution >= 0.6 is 0 Å². The van der Waals surface area contributed by atoms with Crippen molar-refractivity contribution < 1.29 is 4.74 Å². The normalized spacial score (nSPS) is 10.4. The molecule has 0 saturated carbocycles. The molecular formula is C12H20N2O. The highest BCUT2D eigenvalue weighted by Gasteiger charge is 1.95. The molecule has 1 rings (SSSR count). The monoisotopic (exact) mass is 208 g/mol. The van der Waals surface area contributed by atoms with Crippen LogP contribution in [-0.2, 0) is 0 Å². The molecule has 1 aromatic carbocycles. The van der Waals surface area contributed by atoms with E-state index >= 15 is 0 Å². The molecule has 0 aliphatic heterocycles. The predicted octanol–water partition coefficient (Wildman–Crippen LogP) is 2.06. The van der Waals surface area contributed by atoms with Crippen LogP contribution in [0, 0.1) is 0 Å². The van der Waals surface area contributed by atoms with Crippen molar-refractivity contribution in [3.05, 3.63) is 24.3 Å². The molecule has 1 aromatic rings. The Balaban J connectivity index is 2.31. The number of likely N-dealkylation sites (N-methyl/N-ethyl adjacent to an activating group) is 1. The summed E-state index contributed by atoms with van der Waals surface area (Å²) in [5.74, 6) is 0.895. The molecule has 0 spiro atoms. The van der Waals surface area contributed by atoms with Crippen LogP contribution in [0.1, 0.15) is 6.92 Å². The van der Waals surface area contributed by atoms with Crippen molar-refractivity contribution in [2.45, 2.75) is 6.92 Å². The summed E-state index contributed by atoms with van der Waals surface area (Å²) in [6.45, 7) is 5.27. The fourth-order valence-corrected chi connectivity index (χ4v) is 1.26. The second kappa shape index (κ2) is 6.30. The van der Waals surface area contributed by atoms with Crippen molar-refractivity contribution in [2.24, 2.45) is 0 Å². The van der Waals surface area contributed by atoms with E-state index in [9.17, 15) is 0 Å². The topological polar surface area (TPSA) is 24.5 Å². The lowest BCUT2D eigenvalue weighted by molar-refractivity contribution is 0.367. The molecule has 0 fully saturated rings. The van der Waals surface area contributed by atoms with E-state index in [-0.39, 0.29) is 0 Å². The van der Waals surface area contributed by atoms with Gasteiger partial charge in [-0.3, -0.25) is 0 Å². The van der Waals surface area contributed by atoms with Crippen LogP contribution in [0.3, 0.4) is 0 Å². The van der Waals surface area contributed by atoms with E-state index in [1.54, 1.807) is 7.11 Å². The molecule has 0 aromatic heterocycles. The van der Waals surface area contributed by atoms with Crippen LogP contribution in [-0.4, -0.2) is 38.7 Å². The van der Waals surface area contributed by atoms with Crippen molar-refractivity contribution in [3.8, 4) is 5.75 Å². The Hall–Kier alpha value is -1.22. The van der Waals surface area contributed by atoms with Gasteiger partial charge in [-0.05, 0) is 37.9 Å². The van der Waals surface area contributed by atoms with Crippen molar-refractivity contribution in [3.63, 3.8) is 0 Å². The van der Waals surface area contributed by atoms with Gasteiger partial charge in [-0.1, -0.05) is 6.92 Å². The molecular weight excluding hydrogens is 188 g/mol. The smallest absolute Gasteiger partial charge is 0.119 e. The largest absolute Gasteiger partial charge is 0.497 e. The maximum absolute atomic E-state index is 5.09. The Morgan fingerprint density at radius 2 is 1.93 bits per heavy atom. The molecule has 0 bridgehead atoms. The number of nitrogens with one attached hydrogen (secondary N) is 1. The maximum Gasteiger partial charge on any atom is 0.119 e. The van der Waals surface area contributed by atoms with Gasteiger partial charge in [-0.15, -0.1) is 0 Å². The first kappa shape index (κ1) is 11.9. The number of methoxy groups -OCH3 is 1. The number of anilines is 1. The fraction of sp³-hybridized carbons (Fsp3) is 0.500. The van der Waals surface area contributed by atoms with Crippen LogP contribution in [0.4, 0.5) is 5.69 Å². The van der Waals surface area contributed by atoms with E-state index in [1.807, 2.05) is 24.3 Å². The molecule has 0 saturated heterocycles. The Labute approximate surface area is 92.0 Å². The van der Waals surface area contributed by atoms with Gasteiger partial charge >= 0.3 is 0 Å². The van der Waals surface area contributed by atoms with Gasteiger partial charge in [0.25, 0.3) is 0 Å². The highest BCUT2D eigenvalue weighted by molar-refractivity contribution is 5.46. The van der Waals surface area contributed by atoms with Crippen LogP contribution < -0.4 is 10.1 Å². The Bertz CT molecular complexity index is 271. The van der Waals surface area contributed by atoms with Crippen molar-refractivity contribution >= 4 is 5.69 Å².